The van der Waals surface area contributed by atoms with E-state index in [1.807, 2.05) is 19.1 Å². The molecule has 1 aromatic carbocycles. The van der Waals surface area contributed by atoms with Crippen LogP contribution in [-0.4, -0.2) is 59.3 Å². The summed E-state index contributed by atoms with van der Waals surface area (Å²) in [5.74, 6) is -0.456. The van der Waals surface area contributed by atoms with E-state index in [4.69, 9.17) is 4.74 Å². The largest absolute Gasteiger partial charge is 0.462 e. The lowest BCUT2D eigenvalue weighted by Gasteiger charge is -2.36. The van der Waals surface area contributed by atoms with E-state index in [0.29, 0.717) is 30.0 Å². The van der Waals surface area contributed by atoms with Crippen molar-refractivity contribution in [2.75, 3.05) is 27.2 Å². The Morgan fingerprint density at radius 2 is 1.86 bits per heavy atom. The number of nitrogens with one attached hydrogen (secondary N) is 1. The second-order valence-electron chi connectivity index (χ2n) is 7.83. The second kappa shape index (κ2) is 8.78. The Bertz CT molecular complexity index is 865. The second-order valence-corrected chi connectivity index (χ2v) is 7.83. The first-order valence-electron chi connectivity index (χ1n) is 10.2. The molecule has 0 spiro atoms. The zero-order valence-corrected chi connectivity index (χ0v) is 17.7. The number of carbonyl (C=O) groups is 2. The molecular formula is C22H30N4O3. The molecule has 1 N–H and O–H groups in total. The van der Waals surface area contributed by atoms with Crippen LogP contribution in [0.5, 0.6) is 0 Å². The third-order valence-corrected chi connectivity index (χ3v) is 5.94. The molecule has 1 fully saturated rings. The van der Waals surface area contributed by atoms with Gasteiger partial charge in [0, 0.05) is 17.6 Å². The van der Waals surface area contributed by atoms with Gasteiger partial charge in [0.2, 0.25) is 0 Å². The van der Waals surface area contributed by atoms with Crippen LogP contribution in [0.4, 0.5) is 0 Å². The molecule has 1 amide bonds. The summed E-state index contributed by atoms with van der Waals surface area (Å²) in [5.41, 5.74) is 2.60. The number of amides is 1. The number of likely N-dealkylation sites (N-methyl/N-ethyl adjacent to an activating group) is 1. The fraction of sp³-hybridized carbons (Fsp3) is 0.500. The van der Waals surface area contributed by atoms with Crippen LogP contribution < -0.4 is 5.32 Å². The number of carbonyl (C=O) groups excluding carboxylic acids is 2. The molecule has 1 heterocycles. The summed E-state index contributed by atoms with van der Waals surface area (Å²) < 4.78 is 6.73. The zero-order valence-electron chi connectivity index (χ0n) is 17.7. The van der Waals surface area contributed by atoms with E-state index in [0.717, 1.165) is 18.5 Å². The van der Waals surface area contributed by atoms with Crippen LogP contribution in [0.15, 0.2) is 30.5 Å². The summed E-state index contributed by atoms with van der Waals surface area (Å²) in [6.07, 6.45) is 6.15. The zero-order chi connectivity index (χ0) is 21.0. The fourth-order valence-electron chi connectivity index (χ4n) is 4.00. The quantitative estimate of drug-likeness (QED) is 0.726. The lowest BCUT2D eigenvalue weighted by atomic mass is 9.96. The Morgan fingerprint density at radius 3 is 2.45 bits per heavy atom. The van der Waals surface area contributed by atoms with Crippen molar-refractivity contribution in [2.45, 2.75) is 45.1 Å². The number of benzene rings is 1. The summed E-state index contributed by atoms with van der Waals surface area (Å²) in [4.78, 5) is 26.9. The van der Waals surface area contributed by atoms with Gasteiger partial charge in [0.15, 0.2) is 0 Å². The van der Waals surface area contributed by atoms with Gasteiger partial charge in [-0.3, -0.25) is 4.79 Å². The molecule has 1 aromatic heterocycles. The minimum absolute atomic E-state index is 0.0608. The highest BCUT2D eigenvalue weighted by Gasteiger charge is 2.36. The Labute approximate surface area is 172 Å². The molecule has 0 bridgehead atoms. The molecule has 7 nitrogen and oxygen atoms in total. The van der Waals surface area contributed by atoms with Crippen molar-refractivity contribution < 1.29 is 14.3 Å². The van der Waals surface area contributed by atoms with E-state index < -0.39 is 0 Å². The van der Waals surface area contributed by atoms with Gasteiger partial charge in [0.25, 0.3) is 5.91 Å². The molecule has 0 aliphatic heterocycles. The van der Waals surface area contributed by atoms with Crippen molar-refractivity contribution in [3.63, 3.8) is 0 Å². The van der Waals surface area contributed by atoms with Gasteiger partial charge in [-0.25, -0.2) is 9.48 Å². The smallest absolute Gasteiger partial charge is 0.341 e. The van der Waals surface area contributed by atoms with Crippen molar-refractivity contribution in [1.82, 2.24) is 20.0 Å². The first kappa shape index (κ1) is 21.0. The third-order valence-electron chi connectivity index (χ3n) is 5.94. The maximum Gasteiger partial charge on any atom is 0.341 e. The van der Waals surface area contributed by atoms with E-state index in [-0.39, 0.29) is 17.4 Å². The van der Waals surface area contributed by atoms with Crippen molar-refractivity contribution in [3.8, 4) is 5.69 Å². The molecule has 1 aliphatic rings. The highest BCUT2D eigenvalue weighted by Crippen LogP contribution is 2.33. The molecule has 0 unspecified atom stereocenters. The Balaban J connectivity index is 1.69. The number of ether oxygens (including phenoxy) is 1. The maximum atomic E-state index is 12.6. The summed E-state index contributed by atoms with van der Waals surface area (Å²) in [7, 11) is 4.17. The van der Waals surface area contributed by atoms with Gasteiger partial charge in [-0.2, -0.15) is 5.10 Å². The van der Waals surface area contributed by atoms with E-state index in [1.165, 1.54) is 19.0 Å². The first-order chi connectivity index (χ1) is 13.9. The minimum Gasteiger partial charge on any atom is -0.462 e. The molecular weight excluding hydrogens is 368 g/mol. The number of hydrogen-bond donors (Lipinski definition) is 1. The summed E-state index contributed by atoms with van der Waals surface area (Å²) in [5, 5.41) is 7.39. The molecule has 3 rings (SSSR count). The third kappa shape index (κ3) is 4.34. The van der Waals surface area contributed by atoms with E-state index in [1.54, 1.807) is 23.7 Å². The van der Waals surface area contributed by atoms with Gasteiger partial charge < -0.3 is 15.0 Å². The van der Waals surface area contributed by atoms with Crippen LogP contribution in [0.25, 0.3) is 5.69 Å². The van der Waals surface area contributed by atoms with Gasteiger partial charge >= 0.3 is 5.97 Å². The monoisotopic (exact) mass is 398 g/mol. The number of esters is 1. The Hall–Kier alpha value is -2.67. The molecule has 7 heteroatoms. The van der Waals surface area contributed by atoms with Crippen molar-refractivity contribution in [3.05, 3.63) is 47.3 Å². The van der Waals surface area contributed by atoms with Gasteiger partial charge in [0.05, 0.1) is 24.2 Å². The van der Waals surface area contributed by atoms with Crippen LogP contribution in [0, 0.1) is 6.92 Å². The van der Waals surface area contributed by atoms with Gasteiger partial charge in [-0.15, -0.1) is 0 Å². The standard InChI is InChI=1S/C22H30N4O3/c1-5-29-21(28)19-14-24-26(16(19)2)18-10-8-17(9-11-18)20(27)23-15-22(25(3)4)12-6-7-13-22/h8-11,14H,5-7,12-13,15H2,1-4H3,(H,23,27). The SMILES string of the molecule is CCOC(=O)c1cnn(-c2ccc(C(=O)NCC3(N(C)C)CCCC3)cc2)c1C. The lowest BCUT2D eigenvalue weighted by molar-refractivity contribution is 0.0525. The predicted molar refractivity (Wildman–Crippen MR) is 111 cm³/mol. The fourth-order valence-corrected chi connectivity index (χ4v) is 4.00. The number of aromatic nitrogens is 2. The predicted octanol–water partition coefficient (Wildman–Crippen LogP) is 2.96. The van der Waals surface area contributed by atoms with Crippen LogP contribution in [0.2, 0.25) is 0 Å². The number of hydrogen-bond acceptors (Lipinski definition) is 5. The van der Waals surface area contributed by atoms with Crippen LogP contribution in [0.1, 0.15) is 59.0 Å². The highest BCUT2D eigenvalue weighted by molar-refractivity contribution is 5.94. The minimum atomic E-state index is -0.381. The first-order valence-corrected chi connectivity index (χ1v) is 10.2. The van der Waals surface area contributed by atoms with E-state index in [2.05, 4.69) is 29.4 Å². The summed E-state index contributed by atoms with van der Waals surface area (Å²) >= 11 is 0. The van der Waals surface area contributed by atoms with Gasteiger partial charge in [-0.05, 0) is 65.0 Å². The maximum absolute atomic E-state index is 12.6. The molecule has 0 atom stereocenters. The van der Waals surface area contributed by atoms with Crippen molar-refractivity contribution >= 4 is 11.9 Å². The molecule has 1 saturated carbocycles. The number of rotatable bonds is 7. The molecule has 29 heavy (non-hydrogen) atoms. The normalized spacial score (nSPS) is 15.5. The molecule has 1 aliphatic carbocycles. The lowest BCUT2D eigenvalue weighted by Crippen LogP contribution is -2.50. The topological polar surface area (TPSA) is 76.5 Å². The molecule has 156 valence electrons. The Morgan fingerprint density at radius 1 is 1.21 bits per heavy atom. The average Bonchev–Trinajstić information content (AvgIpc) is 3.34. The molecule has 2 aromatic rings. The van der Waals surface area contributed by atoms with E-state index >= 15 is 0 Å². The molecule has 0 radical (unpaired) electrons. The summed E-state index contributed by atoms with van der Waals surface area (Å²) in [6, 6.07) is 7.24. The van der Waals surface area contributed by atoms with Crippen LogP contribution in [-0.2, 0) is 4.74 Å². The molecule has 0 saturated heterocycles. The number of nitrogens with zero attached hydrogens (tertiary/aromatic N) is 3. The van der Waals surface area contributed by atoms with Crippen LogP contribution in [0.3, 0.4) is 0 Å². The van der Waals surface area contributed by atoms with Crippen molar-refractivity contribution in [1.29, 1.82) is 0 Å². The van der Waals surface area contributed by atoms with Gasteiger partial charge in [-0.1, -0.05) is 12.8 Å². The Kier molecular flexibility index (Phi) is 6.37. The average molecular weight is 399 g/mol. The summed E-state index contributed by atoms with van der Waals surface area (Å²) in [6.45, 7) is 4.57. The highest BCUT2D eigenvalue weighted by atomic mass is 16.5. The van der Waals surface area contributed by atoms with Crippen LogP contribution >= 0.6 is 0 Å². The van der Waals surface area contributed by atoms with Gasteiger partial charge in [0.1, 0.15) is 5.56 Å². The van der Waals surface area contributed by atoms with Crippen molar-refractivity contribution in [2.24, 2.45) is 0 Å². The van der Waals surface area contributed by atoms with E-state index in [9.17, 15) is 9.59 Å².